The summed E-state index contributed by atoms with van der Waals surface area (Å²) in [5.41, 5.74) is 1.07. The van der Waals surface area contributed by atoms with E-state index >= 15 is 0 Å². The Labute approximate surface area is 133 Å². The third-order valence-corrected chi connectivity index (χ3v) is 4.36. The van der Waals surface area contributed by atoms with Crippen molar-refractivity contribution in [1.29, 1.82) is 0 Å². The minimum atomic E-state index is 0.559. The maximum atomic E-state index is 6.14. The van der Waals surface area contributed by atoms with E-state index in [1.807, 2.05) is 24.3 Å². The molecule has 0 radical (unpaired) electrons. The zero-order valence-electron chi connectivity index (χ0n) is 11.1. The van der Waals surface area contributed by atoms with Gasteiger partial charge in [0.15, 0.2) is 0 Å². The Morgan fingerprint density at radius 1 is 1.20 bits per heavy atom. The van der Waals surface area contributed by atoms with E-state index in [9.17, 15) is 0 Å². The number of benzene rings is 1. The summed E-state index contributed by atoms with van der Waals surface area (Å²) < 4.78 is 0. The van der Waals surface area contributed by atoms with Crippen molar-refractivity contribution in [1.82, 2.24) is 9.97 Å². The molecule has 0 aliphatic rings. The van der Waals surface area contributed by atoms with Crippen molar-refractivity contribution in [3.05, 3.63) is 46.1 Å². The molecule has 0 unspecified atom stereocenters. The van der Waals surface area contributed by atoms with E-state index in [2.05, 4.69) is 22.2 Å². The number of nitrogens with one attached hydrogen (secondary N) is 1. The summed E-state index contributed by atoms with van der Waals surface area (Å²) in [5, 5.41) is 5.23. The predicted octanol–water partition coefficient (Wildman–Crippen LogP) is 4.90. The largest absolute Gasteiger partial charge is 0.354 e. The highest BCUT2D eigenvalue weighted by Crippen LogP contribution is 2.30. The van der Waals surface area contributed by atoms with Crippen LogP contribution in [0.25, 0.3) is 0 Å². The van der Waals surface area contributed by atoms with Crippen LogP contribution in [0.1, 0.15) is 18.9 Å². The number of anilines is 1. The third-order valence-electron chi connectivity index (χ3n) is 2.57. The molecule has 2 aromatic rings. The molecular weight excluding hydrogens is 313 g/mol. The Bertz CT molecular complexity index is 578. The maximum absolute atomic E-state index is 6.14. The van der Waals surface area contributed by atoms with Crippen LogP contribution in [0.5, 0.6) is 0 Å². The highest BCUT2D eigenvalue weighted by molar-refractivity contribution is 7.98. The number of hydrogen-bond acceptors (Lipinski definition) is 4. The predicted molar refractivity (Wildman–Crippen MR) is 86.8 cm³/mol. The van der Waals surface area contributed by atoms with Crippen molar-refractivity contribution in [2.45, 2.75) is 24.1 Å². The lowest BCUT2D eigenvalue weighted by Crippen LogP contribution is -2.04. The first-order valence-corrected chi connectivity index (χ1v) is 8.07. The van der Waals surface area contributed by atoms with E-state index in [-0.39, 0.29) is 0 Å². The van der Waals surface area contributed by atoms with Gasteiger partial charge in [-0.25, -0.2) is 9.97 Å². The van der Waals surface area contributed by atoms with E-state index in [4.69, 9.17) is 23.2 Å². The molecule has 0 amide bonds. The molecule has 1 aromatic carbocycles. The first-order chi connectivity index (χ1) is 9.70. The van der Waals surface area contributed by atoms with Gasteiger partial charge in [-0.2, -0.15) is 0 Å². The van der Waals surface area contributed by atoms with Crippen molar-refractivity contribution < 1.29 is 0 Å². The van der Waals surface area contributed by atoms with Gasteiger partial charge < -0.3 is 5.32 Å². The lowest BCUT2D eigenvalue weighted by Gasteiger charge is -2.07. The molecule has 20 heavy (non-hydrogen) atoms. The van der Waals surface area contributed by atoms with Crippen LogP contribution in [-0.4, -0.2) is 16.5 Å². The average Bonchev–Trinajstić information content (AvgIpc) is 2.46. The van der Waals surface area contributed by atoms with Gasteiger partial charge in [-0.3, -0.25) is 0 Å². The molecule has 1 N–H and O–H groups in total. The fourth-order valence-electron chi connectivity index (χ4n) is 1.54. The van der Waals surface area contributed by atoms with Crippen LogP contribution in [0.2, 0.25) is 10.0 Å². The highest BCUT2D eigenvalue weighted by atomic mass is 35.5. The third kappa shape index (κ3) is 4.27. The van der Waals surface area contributed by atoms with Crippen molar-refractivity contribution in [3.63, 3.8) is 0 Å². The van der Waals surface area contributed by atoms with Crippen molar-refractivity contribution in [3.8, 4) is 0 Å². The van der Waals surface area contributed by atoms with Crippen molar-refractivity contribution >= 4 is 40.9 Å². The van der Waals surface area contributed by atoms with E-state index in [0.717, 1.165) is 34.3 Å². The molecule has 0 bridgehead atoms. The minimum absolute atomic E-state index is 0.559. The summed E-state index contributed by atoms with van der Waals surface area (Å²) in [6, 6.07) is 7.77. The summed E-state index contributed by atoms with van der Waals surface area (Å²) in [6.45, 7) is 2.94. The molecule has 2 rings (SSSR count). The van der Waals surface area contributed by atoms with Crippen LogP contribution in [0.15, 0.2) is 35.5 Å². The molecule has 3 nitrogen and oxygen atoms in total. The zero-order valence-corrected chi connectivity index (χ0v) is 13.4. The minimum Gasteiger partial charge on any atom is -0.354 e. The van der Waals surface area contributed by atoms with Gasteiger partial charge in [0.05, 0.1) is 11.2 Å². The lowest BCUT2D eigenvalue weighted by molar-refractivity contribution is 0.935. The first-order valence-electron chi connectivity index (χ1n) is 6.33. The van der Waals surface area contributed by atoms with Crippen LogP contribution in [0.3, 0.4) is 0 Å². The molecule has 1 heterocycles. The van der Waals surface area contributed by atoms with Gasteiger partial charge in [0, 0.05) is 17.3 Å². The first kappa shape index (κ1) is 15.4. The Balaban J connectivity index is 2.07. The molecule has 0 spiro atoms. The number of aromatic nitrogens is 2. The van der Waals surface area contributed by atoms with Crippen LogP contribution in [-0.2, 0) is 5.75 Å². The SMILES string of the molecule is CCCNc1ncc(Cl)c(SCc2ccccc2Cl)n1. The molecular formula is C14H15Cl2N3S. The second-order valence-corrected chi connectivity index (χ2v) is 5.93. The number of nitrogens with zero attached hydrogens (tertiary/aromatic N) is 2. The summed E-state index contributed by atoms with van der Waals surface area (Å²) >= 11 is 13.8. The Morgan fingerprint density at radius 2 is 2.00 bits per heavy atom. The zero-order chi connectivity index (χ0) is 14.4. The van der Waals surface area contributed by atoms with Gasteiger partial charge >= 0.3 is 0 Å². The second kappa shape index (κ2) is 7.72. The monoisotopic (exact) mass is 327 g/mol. The topological polar surface area (TPSA) is 37.8 Å². The van der Waals surface area contributed by atoms with Gasteiger partial charge in [-0.05, 0) is 18.1 Å². The quantitative estimate of drug-likeness (QED) is 0.605. The number of thioether (sulfide) groups is 1. The molecule has 1 aromatic heterocycles. The van der Waals surface area contributed by atoms with Gasteiger partial charge in [-0.1, -0.05) is 60.1 Å². The summed E-state index contributed by atoms with van der Waals surface area (Å²) in [7, 11) is 0. The Kier molecular flexibility index (Phi) is 5.95. The van der Waals surface area contributed by atoms with Gasteiger partial charge in [0.25, 0.3) is 0 Å². The average molecular weight is 328 g/mol. The molecule has 0 aliphatic carbocycles. The van der Waals surface area contributed by atoms with E-state index < -0.39 is 0 Å². The van der Waals surface area contributed by atoms with Crippen molar-refractivity contribution in [2.24, 2.45) is 0 Å². The van der Waals surface area contributed by atoms with Crippen molar-refractivity contribution in [2.75, 3.05) is 11.9 Å². The standard InChI is InChI=1S/C14H15Cl2N3S/c1-2-7-17-14-18-8-12(16)13(19-14)20-9-10-5-3-4-6-11(10)15/h3-6,8H,2,7,9H2,1H3,(H,17,18,19). The molecule has 6 heteroatoms. The maximum Gasteiger partial charge on any atom is 0.223 e. The lowest BCUT2D eigenvalue weighted by atomic mass is 10.2. The van der Waals surface area contributed by atoms with Crippen LogP contribution >= 0.6 is 35.0 Å². The highest BCUT2D eigenvalue weighted by Gasteiger charge is 2.07. The van der Waals surface area contributed by atoms with Gasteiger partial charge in [0.1, 0.15) is 5.03 Å². The second-order valence-electron chi connectivity index (χ2n) is 4.15. The van der Waals surface area contributed by atoms with E-state index in [0.29, 0.717) is 11.0 Å². The molecule has 0 saturated heterocycles. The summed E-state index contributed by atoms with van der Waals surface area (Å²) in [6.07, 6.45) is 2.65. The van der Waals surface area contributed by atoms with Crippen LogP contribution in [0, 0.1) is 0 Å². The van der Waals surface area contributed by atoms with Crippen LogP contribution < -0.4 is 5.32 Å². The number of rotatable bonds is 6. The van der Waals surface area contributed by atoms with Gasteiger partial charge in [-0.15, -0.1) is 0 Å². The number of halogens is 2. The molecule has 0 fully saturated rings. The van der Waals surface area contributed by atoms with E-state index in [1.54, 1.807) is 18.0 Å². The number of hydrogen-bond donors (Lipinski definition) is 1. The Morgan fingerprint density at radius 3 is 2.75 bits per heavy atom. The molecule has 0 aliphatic heterocycles. The molecule has 0 atom stereocenters. The fourth-order valence-corrected chi connectivity index (χ4v) is 2.96. The van der Waals surface area contributed by atoms with E-state index in [1.165, 1.54) is 0 Å². The normalized spacial score (nSPS) is 10.6. The van der Waals surface area contributed by atoms with Gasteiger partial charge in [0.2, 0.25) is 5.95 Å². The summed E-state index contributed by atoms with van der Waals surface area (Å²) in [4.78, 5) is 8.58. The smallest absolute Gasteiger partial charge is 0.223 e. The van der Waals surface area contributed by atoms with Crippen LogP contribution in [0.4, 0.5) is 5.95 Å². The molecule has 106 valence electrons. The Hall–Kier alpha value is -0.970. The fraction of sp³-hybridized carbons (Fsp3) is 0.286. The summed E-state index contributed by atoms with van der Waals surface area (Å²) in [5.74, 6) is 1.33. The molecule has 0 saturated carbocycles.